The summed E-state index contributed by atoms with van der Waals surface area (Å²) in [5, 5.41) is 4.05. The second-order valence-corrected chi connectivity index (χ2v) is 5.66. The maximum Gasteiger partial charge on any atom is 0.179 e. The zero-order chi connectivity index (χ0) is 15.1. The monoisotopic (exact) mass is 313 g/mol. The zero-order valence-electron chi connectivity index (χ0n) is 12.8. The fourth-order valence-corrected chi connectivity index (χ4v) is 2.88. The normalized spacial score (nSPS) is 18.5. The number of ether oxygens (including phenoxy) is 3. The average molecular weight is 314 g/mol. The summed E-state index contributed by atoms with van der Waals surface area (Å²) < 4.78 is 16.4. The third kappa shape index (κ3) is 4.77. The minimum absolute atomic E-state index is 0.584. The van der Waals surface area contributed by atoms with Gasteiger partial charge in [-0.15, -0.1) is 0 Å². The summed E-state index contributed by atoms with van der Waals surface area (Å²) in [6.07, 6.45) is 2.40. The first-order valence-corrected chi connectivity index (χ1v) is 7.90. The van der Waals surface area contributed by atoms with E-state index in [4.69, 9.17) is 25.8 Å². The van der Waals surface area contributed by atoms with E-state index >= 15 is 0 Å². The van der Waals surface area contributed by atoms with Crippen molar-refractivity contribution in [1.29, 1.82) is 0 Å². The maximum absolute atomic E-state index is 6.25. The molecule has 0 bridgehead atoms. The predicted molar refractivity (Wildman–Crippen MR) is 84.4 cm³/mol. The molecule has 1 aromatic carbocycles. The largest absolute Gasteiger partial charge is 0.491 e. The summed E-state index contributed by atoms with van der Waals surface area (Å²) in [6.45, 7) is 6.03. The van der Waals surface area contributed by atoms with Crippen molar-refractivity contribution in [3.05, 3.63) is 22.7 Å². The minimum Gasteiger partial charge on any atom is -0.491 e. The Morgan fingerprint density at radius 3 is 2.95 bits per heavy atom. The van der Waals surface area contributed by atoms with Crippen molar-refractivity contribution in [3.63, 3.8) is 0 Å². The van der Waals surface area contributed by atoms with Crippen molar-refractivity contribution in [1.82, 2.24) is 5.32 Å². The molecule has 118 valence electrons. The van der Waals surface area contributed by atoms with Crippen LogP contribution < -0.4 is 14.8 Å². The van der Waals surface area contributed by atoms with Crippen molar-refractivity contribution in [2.24, 2.45) is 5.92 Å². The highest BCUT2D eigenvalue weighted by molar-refractivity contribution is 6.32. The molecule has 1 aliphatic heterocycles. The van der Waals surface area contributed by atoms with Gasteiger partial charge in [-0.05, 0) is 43.4 Å². The fraction of sp³-hybridized carbons (Fsp3) is 0.625. The second-order valence-electron chi connectivity index (χ2n) is 5.26. The van der Waals surface area contributed by atoms with Gasteiger partial charge in [-0.1, -0.05) is 11.6 Å². The first-order chi connectivity index (χ1) is 10.2. The molecule has 1 saturated heterocycles. The molecule has 5 heteroatoms. The van der Waals surface area contributed by atoms with Gasteiger partial charge in [-0.25, -0.2) is 0 Å². The highest BCUT2D eigenvalue weighted by Crippen LogP contribution is 2.36. The Balaban J connectivity index is 1.92. The van der Waals surface area contributed by atoms with E-state index in [1.165, 1.54) is 6.42 Å². The number of hydrogen-bond acceptors (Lipinski definition) is 4. The fourth-order valence-electron chi connectivity index (χ4n) is 2.57. The van der Waals surface area contributed by atoms with Gasteiger partial charge in [-0.2, -0.15) is 0 Å². The molecule has 1 unspecified atom stereocenters. The highest BCUT2D eigenvalue weighted by Gasteiger charge is 2.14. The standard InChI is InChI=1S/C16H24ClNO3/c1-3-21-15-8-13(7-14(17)16(15)19-2)10-18-9-12-5-4-6-20-11-12/h7-8,12,18H,3-6,9-11H2,1-2H3. The summed E-state index contributed by atoms with van der Waals surface area (Å²) in [6, 6.07) is 3.91. The van der Waals surface area contributed by atoms with E-state index in [-0.39, 0.29) is 0 Å². The van der Waals surface area contributed by atoms with Gasteiger partial charge in [-0.3, -0.25) is 0 Å². The van der Waals surface area contributed by atoms with Gasteiger partial charge in [0.2, 0.25) is 0 Å². The molecule has 1 N–H and O–H groups in total. The summed E-state index contributed by atoms with van der Waals surface area (Å²) >= 11 is 6.25. The van der Waals surface area contributed by atoms with Crippen LogP contribution in [0.25, 0.3) is 0 Å². The molecule has 0 aromatic heterocycles. The Labute approximate surface area is 131 Å². The summed E-state index contributed by atoms with van der Waals surface area (Å²) in [4.78, 5) is 0. The van der Waals surface area contributed by atoms with Crippen LogP contribution in [-0.2, 0) is 11.3 Å². The number of rotatable bonds is 7. The predicted octanol–water partition coefficient (Wildman–Crippen LogP) is 3.26. The quantitative estimate of drug-likeness (QED) is 0.838. The van der Waals surface area contributed by atoms with E-state index in [0.717, 1.165) is 38.3 Å². The van der Waals surface area contributed by atoms with Crippen LogP contribution in [0.15, 0.2) is 12.1 Å². The first-order valence-electron chi connectivity index (χ1n) is 7.52. The molecule has 2 rings (SSSR count). The van der Waals surface area contributed by atoms with E-state index in [1.807, 2.05) is 19.1 Å². The lowest BCUT2D eigenvalue weighted by Crippen LogP contribution is -2.28. The molecule has 1 fully saturated rings. The first kappa shape index (κ1) is 16.4. The number of nitrogens with one attached hydrogen (secondary N) is 1. The molecule has 0 saturated carbocycles. The zero-order valence-corrected chi connectivity index (χ0v) is 13.5. The Hall–Kier alpha value is -0.970. The molecule has 21 heavy (non-hydrogen) atoms. The molecule has 0 aliphatic carbocycles. The second kappa shape index (κ2) is 8.47. The van der Waals surface area contributed by atoms with Crippen molar-refractivity contribution in [3.8, 4) is 11.5 Å². The molecular weight excluding hydrogens is 290 g/mol. The van der Waals surface area contributed by atoms with Crippen LogP contribution in [0.3, 0.4) is 0 Å². The van der Waals surface area contributed by atoms with Crippen LogP contribution >= 0.6 is 11.6 Å². The minimum atomic E-state index is 0.584. The Morgan fingerprint density at radius 2 is 2.29 bits per heavy atom. The Morgan fingerprint density at radius 1 is 1.43 bits per heavy atom. The van der Waals surface area contributed by atoms with E-state index in [9.17, 15) is 0 Å². The van der Waals surface area contributed by atoms with Gasteiger partial charge >= 0.3 is 0 Å². The van der Waals surface area contributed by atoms with Crippen LogP contribution in [0, 0.1) is 5.92 Å². The van der Waals surface area contributed by atoms with Crippen molar-refractivity contribution < 1.29 is 14.2 Å². The Kier molecular flexibility index (Phi) is 6.61. The summed E-state index contributed by atoms with van der Waals surface area (Å²) in [5.41, 5.74) is 1.10. The number of methoxy groups -OCH3 is 1. The van der Waals surface area contributed by atoms with Gasteiger partial charge in [0.1, 0.15) is 0 Å². The number of hydrogen-bond donors (Lipinski definition) is 1. The Bertz CT molecular complexity index is 447. The number of halogens is 1. The average Bonchev–Trinajstić information content (AvgIpc) is 2.48. The van der Waals surface area contributed by atoms with Gasteiger partial charge in [0.15, 0.2) is 11.5 Å². The van der Waals surface area contributed by atoms with Gasteiger partial charge in [0.25, 0.3) is 0 Å². The molecule has 0 amide bonds. The van der Waals surface area contributed by atoms with Crippen LogP contribution in [0.2, 0.25) is 5.02 Å². The van der Waals surface area contributed by atoms with Crippen LogP contribution in [0.5, 0.6) is 11.5 Å². The SMILES string of the molecule is CCOc1cc(CNCC2CCCOC2)cc(Cl)c1OC. The third-order valence-corrected chi connectivity index (χ3v) is 3.87. The van der Waals surface area contributed by atoms with Crippen molar-refractivity contribution in [2.75, 3.05) is 33.5 Å². The lowest BCUT2D eigenvalue weighted by Gasteiger charge is -2.22. The third-order valence-electron chi connectivity index (χ3n) is 3.59. The van der Waals surface area contributed by atoms with E-state index in [0.29, 0.717) is 29.0 Å². The van der Waals surface area contributed by atoms with E-state index in [1.54, 1.807) is 7.11 Å². The molecule has 0 radical (unpaired) electrons. The summed E-state index contributed by atoms with van der Waals surface area (Å²) in [7, 11) is 1.60. The molecule has 0 spiro atoms. The van der Waals surface area contributed by atoms with Crippen LogP contribution in [0.1, 0.15) is 25.3 Å². The van der Waals surface area contributed by atoms with Gasteiger partial charge in [0, 0.05) is 19.7 Å². The van der Waals surface area contributed by atoms with Crippen LogP contribution in [0.4, 0.5) is 0 Å². The highest BCUT2D eigenvalue weighted by atomic mass is 35.5. The topological polar surface area (TPSA) is 39.7 Å². The summed E-state index contributed by atoms with van der Waals surface area (Å²) in [5.74, 6) is 1.91. The van der Waals surface area contributed by atoms with Gasteiger partial charge < -0.3 is 19.5 Å². The molecular formula is C16H24ClNO3. The molecule has 1 heterocycles. The van der Waals surface area contributed by atoms with Crippen molar-refractivity contribution in [2.45, 2.75) is 26.3 Å². The van der Waals surface area contributed by atoms with E-state index < -0.39 is 0 Å². The lowest BCUT2D eigenvalue weighted by molar-refractivity contribution is 0.0547. The number of benzene rings is 1. The molecule has 1 aromatic rings. The molecule has 1 atom stereocenters. The molecule has 1 aliphatic rings. The van der Waals surface area contributed by atoms with Crippen molar-refractivity contribution >= 4 is 11.6 Å². The van der Waals surface area contributed by atoms with Gasteiger partial charge in [0.05, 0.1) is 25.3 Å². The maximum atomic E-state index is 6.25. The van der Waals surface area contributed by atoms with Crippen LogP contribution in [-0.4, -0.2) is 33.5 Å². The molecule has 4 nitrogen and oxygen atoms in total. The lowest BCUT2D eigenvalue weighted by atomic mass is 10.0. The smallest absolute Gasteiger partial charge is 0.179 e. The van der Waals surface area contributed by atoms with E-state index in [2.05, 4.69) is 5.32 Å².